The molecular weight excluding hydrogens is 373 g/mol. The Morgan fingerprint density at radius 2 is 1.89 bits per heavy atom. The number of aryl methyl sites for hydroxylation is 1. The third kappa shape index (κ3) is 3.70. The Morgan fingerprint density at radius 3 is 2.54 bits per heavy atom. The highest BCUT2D eigenvalue weighted by molar-refractivity contribution is 5.99. The predicted molar refractivity (Wildman–Crippen MR) is 97.6 cm³/mol. The molecule has 28 heavy (non-hydrogen) atoms. The van der Waals surface area contributed by atoms with E-state index in [4.69, 9.17) is 0 Å². The number of fused-ring (bicyclic) bond motifs is 1. The average Bonchev–Trinajstić information content (AvgIpc) is 3.02. The van der Waals surface area contributed by atoms with Gasteiger partial charge >= 0.3 is 6.18 Å². The topological polar surface area (TPSA) is 80.0 Å². The van der Waals surface area contributed by atoms with Crippen LogP contribution < -0.4 is 5.32 Å². The van der Waals surface area contributed by atoms with Crippen LogP contribution in [-0.2, 0) is 11.8 Å². The number of alkyl halides is 3. The molecule has 0 aliphatic rings. The van der Waals surface area contributed by atoms with Gasteiger partial charge in [0.05, 0.1) is 5.52 Å². The molecule has 1 heterocycles. The van der Waals surface area contributed by atoms with Crippen molar-refractivity contribution in [2.75, 3.05) is 5.32 Å². The van der Waals surface area contributed by atoms with Gasteiger partial charge in [-0.05, 0) is 29.7 Å². The minimum Gasteiger partial charge on any atom is -0.373 e. The molecule has 0 spiro atoms. The van der Waals surface area contributed by atoms with E-state index in [-0.39, 0.29) is 5.69 Å². The number of carbonyl (C=O) groups excluding carboxylic acids is 1. The van der Waals surface area contributed by atoms with Crippen molar-refractivity contribution in [3.05, 3.63) is 54.1 Å². The van der Waals surface area contributed by atoms with E-state index in [2.05, 4.69) is 15.6 Å². The van der Waals surface area contributed by atoms with E-state index in [0.717, 1.165) is 0 Å². The molecule has 0 aliphatic heterocycles. The van der Waals surface area contributed by atoms with Gasteiger partial charge in [0, 0.05) is 19.2 Å². The van der Waals surface area contributed by atoms with Crippen molar-refractivity contribution < 1.29 is 23.1 Å². The zero-order valence-corrected chi connectivity index (χ0v) is 15.2. The van der Waals surface area contributed by atoms with Gasteiger partial charge in [-0.2, -0.15) is 13.2 Å². The molecule has 2 aromatic carbocycles. The van der Waals surface area contributed by atoms with E-state index in [0.29, 0.717) is 16.6 Å². The molecule has 9 heteroatoms. The van der Waals surface area contributed by atoms with Gasteiger partial charge in [-0.15, -0.1) is 5.10 Å². The lowest BCUT2D eigenvalue weighted by Crippen LogP contribution is -2.55. The molecule has 3 aromatic rings. The molecule has 0 aliphatic carbocycles. The molecule has 148 valence electrons. The number of nitrogens with one attached hydrogen (secondary N) is 1. The van der Waals surface area contributed by atoms with Crippen molar-refractivity contribution >= 4 is 22.6 Å². The summed E-state index contributed by atoms with van der Waals surface area (Å²) in [6, 6.07) is 12.8. The summed E-state index contributed by atoms with van der Waals surface area (Å²) in [5.41, 5.74) is -1.77. The van der Waals surface area contributed by atoms with Crippen LogP contribution in [0.4, 0.5) is 18.9 Å². The van der Waals surface area contributed by atoms with Crippen molar-refractivity contribution in [2.24, 2.45) is 7.05 Å². The van der Waals surface area contributed by atoms with Crippen LogP contribution in [0.1, 0.15) is 24.8 Å². The molecule has 0 saturated heterocycles. The van der Waals surface area contributed by atoms with Crippen molar-refractivity contribution in [2.45, 2.75) is 31.0 Å². The first-order chi connectivity index (χ1) is 13.1. The summed E-state index contributed by atoms with van der Waals surface area (Å²) in [7, 11) is 1.62. The number of nitrogens with zero attached hydrogens (tertiary/aromatic N) is 3. The molecule has 1 aromatic heterocycles. The zero-order chi connectivity index (χ0) is 20.5. The lowest BCUT2D eigenvalue weighted by Gasteiger charge is -2.31. The lowest BCUT2D eigenvalue weighted by atomic mass is 9.86. The maximum Gasteiger partial charge on any atom is 0.426 e. The van der Waals surface area contributed by atoms with Crippen LogP contribution in [0.2, 0.25) is 0 Å². The highest BCUT2D eigenvalue weighted by atomic mass is 19.4. The number of hydrogen-bond acceptors (Lipinski definition) is 4. The van der Waals surface area contributed by atoms with Gasteiger partial charge in [-0.3, -0.25) is 4.79 Å². The van der Waals surface area contributed by atoms with Gasteiger partial charge in [0.1, 0.15) is 5.52 Å². The lowest BCUT2D eigenvalue weighted by molar-refractivity contribution is -0.252. The summed E-state index contributed by atoms with van der Waals surface area (Å²) in [6.07, 6.45) is -5.94. The van der Waals surface area contributed by atoms with Gasteiger partial charge in [-0.1, -0.05) is 42.5 Å². The molecule has 0 radical (unpaired) electrons. The average molecular weight is 392 g/mol. The second kappa shape index (κ2) is 7.23. The van der Waals surface area contributed by atoms with Crippen molar-refractivity contribution in [1.29, 1.82) is 0 Å². The summed E-state index contributed by atoms with van der Waals surface area (Å²) in [5, 5.41) is 20.2. The van der Waals surface area contributed by atoms with E-state index in [1.165, 1.54) is 29.8 Å². The molecular formula is C19H19F3N4O2. The Hall–Kier alpha value is -2.94. The number of amides is 1. The largest absolute Gasteiger partial charge is 0.426 e. The van der Waals surface area contributed by atoms with Crippen LogP contribution in [-0.4, -0.2) is 37.8 Å². The predicted octanol–water partition coefficient (Wildman–Crippen LogP) is 3.39. The first-order valence-electron chi connectivity index (χ1n) is 8.57. The number of halogens is 3. The quantitative estimate of drug-likeness (QED) is 0.698. The molecule has 2 N–H and O–H groups in total. The Balaban J connectivity index is 1.87. The minimum absolute atomic E-state index is 0.109. The van der Waals surface area contributed by atoms with E-state index < -0.39 is 30.0 Å². The van der Waals surface area contributed by atoms with Crippen LogP contribution >= 0.6 is 0 Å². The van der Waals surface area contributed by atoms with E-state index >= 15 is 0 Å². The van der Waals surface area contributed by atoms with Crippen LogP contribution in [0.15, 0.2) is 48.5 Å². The smallest absolute Gasteiger partial charge is 0.373 e. The zero-order valence-electron chi connectivity index (χ0n) is 15.2. The highest BCUT2D eigenvalue weighted by Gasteiger charge is 2.59. The van der Waals surface area contributed by atoms with Crippen LogP contribution in [0.5, 0.6) is 0 Å². The second-order valence-corrected chi connectivity index (χ2v) is 6.74. The summed E-state index contributed by atoms with van der Waals surface area (Å²) >= 11 is 0. The molecule has 3 rings (SSSR count). The molecule has 0 fully saturated rings. The number of carbonyl (C=O) groups is 1. The molecule has 0 saturated carbocycles. The number of anilines is 1. The number of hydrogen-bond donors (Lipinski definition) is 2. The maximum atomic E-state index is 13.7. The van der Waals surface area contributed by atoms with Gasteiger partial charge in [0.25, 0.3) is 5.91 Å². The van der Waals surface area contributed by atoms with E-state index in [1.54, 1.807) is 37.4 Å². The summed E-state index contributed by atoms with van der Waals surface area (Å²) in [4.78, 5) is 12.5. The first kappa shape index (κ1) is 19.8. The minimum atomic E-state index is -5.14. The third-order valence-electron chi connectivity index (χ3n) is 4.68. The van der Waals surface area contributed by atoms with Crippen molar-refractivity contribution in [1.82, 2.24) is 15.0 Å². The molecule has 6 nitrogen and oxygen atoms in total. The maximum absolute atomic E-state index is 13.7. The Bertz CT molecular complexity index is 988. The first-order valence-corrected chi connectivity index (χ1v) is 8.57. The number of aromatic nitrogens is 3. The Morgan fingerprint density at radius 1 is 1.21 bits per heavy atom. The SMILES string of the molecule is CC(CC(O)(C(=O)Nc1ccc2nnn(C)c2c1)C(F)(F)F)c1ccccc1. The molecule has 2 atom stereocenters. The van der Waals surface area contributed by atoms with Crippen LogP contribution in [0.3, 0.4) is 0 Å². The fourth-order valence-electron chi connectivity index (χ4n) is 3.02. The summed E-state index contributed by atoms with van der Waals surface area (Å²) < 4.78 is 42.4. The van der Waals surface area contributed by atoms with Gasteiger partial charge in [0.2, 0.25) is 5.60 Å². The van der Waals surface area contributed by atoms with Crippen LogP contribution in [0, 0.1) is 0 Å². The van der Waals surface area contributed by atoms with Crippen molar-refractivity contribution in [3.63, 3.8) is 0 Å². The van der Waals surface area contributed by atoms with E-state index in [9.17, 15) is 23.1 Å². The highest BCUT2D eigenvalue weighted by Crippen LogP contribution is 2.39. The Kier molecular flexibility index (Phi) is 5.12. The molecule has 2 unspecified atom stereocenters. The normalized spacial score (nSPS) is 15.2. The second-order valence-electron chi connectivity index (χ2n) is 6.74. The summed E-state index contributed by atoms with van der Waals surface area (Å²) in [6.45, 7) is 1.53. The number of rotatable bonds is 5. The summed E-state index contributed by atoms with van der Waals surface area (Å²) in [5.74, 6) is -2.22. The van der Waals surface area contributed by atoms with Gasteiger partial charge < -0.3 is 10.4 Å². The standard InChI is InChI=1S/C19H19F3N4O2/c1-12(13-6-4-3-5-7-13)11-18(28,19(20,21)22)17(27)23-14-8-9-15-16(10-14)26(2)25-24-15/h3-10,12,28H,11H2,1-2H3,(H,23,27). The van der Waals surface area contributed by atoms with Gasteiger partial charge in [0.15, 0.2) is 0 Å². The van der Waals surface area contributed by atoms with Crippen LogP contribution in [0.25, 0.3) is 11.0 Å². The molecule has 1 amide bonds. The number of aliphatic hydroxyl groups is 1. The monoisotopic (exact) mass is 392 g/mol. The Labute approximate surface area is 159 Å². The third-order valence-corrected chi connectivity index (χ3v) is 4.68. The van der Waals surface area contributed by atoms with E-state index in [1.807, 2.05) is 0 Å². The fraction of sp³-hybridized carbons (Fsp3) is 0.316. The number of benzene rings is 2. The van der Waals surface area contributed by atoms with Crippen molar-refractivity contribution in [3.8, 4) is 0 Å². The molecule has 0 bridgehead atoms. The van der Waals surface area contributed by atoms with Gasteiger partial charge in [-0.25, -0.2) is 4.68 Å². The fourth-order valence-corrected chi connectivity index (χ4v) is 3.02.